The van der Waals surface area contributed by atoms with E-state index in [1.807, 2.05) is 0 Å². The van der Waals surface area contributed by atoms with Crippen molar-refractivity contribution in [1.29, 1.82) is 0 Å². The minimum absolute atomic E-state index is 0.593. The standard InChI is InChI=1S/C8H17N3/c1-3-4-10-8(9)11-7-5-6(7)2/h6-7H,3-5H2,1-2H3,(H3,9,10,11). The molecule has 2 unspecified atom stereocenters. The molecule has 0 aliphatic heterocycles. The summed E-state index contributed by atoms with van der Waals surface area (Å²) in [5.74, 6) is 1.39. The summed E-state index contributed by atoms with van der Waals surface area (Å²) in [5.41, 5.74) is 5.60. The van der Waals surface area contributed by atoms with Crippen molar-refractivity contribution in [2.75, 3.05) is 6.54 Å². The highest BCUT2D eigenvalue weighted by atomic mass is 15.1. The third kappa shape index (κ3) is 2.78. The predicted molar refractivity (Wildman–Crippen MR) is 47.5 cm³/mol. The first-order valence-corrected chi connectivity index (χ1v) is 4.30. The number of hydrogen-bond donors (Lipinski definition) is 2. The van der Waals surface area contributed by atoms with Crippen LogP contribution in [0.15, 0.2) is 4.99 Å². The number of hydrogen-bond acceptors (Lipinski definition) is 1. The Morgan fingerprint density at radius 2 is 2.36 bits per heavy atom. The number of aliphatic imine (C=N–C) groups is 1. The van der Waals surface area contributed by atoms with Crippen LogP contribution in [0.2, 0.25) is 0 Å². The number of rotatable bonds is 3. The van der Waals surface area contributed by atoms with E-state index in [2.05, 4.69) is 24.2 Å². The zero-order chi connectivity index (χ0) is 8.27. The van der Waals surface area contributed by atoms with Crippen LogP contribution in [0.3, 0.4) is 0 Å². The molecular weight excluding hydrogens is 138 g/mol. The Kier molecular flexibility index (Phi) is 2.74. The Labute approximate surface area is 68.1 Å². The minimum Gasteiger partial charge on any atom is -0.370 e. The van der Waals surface area contributed by atoms with Crippen molar-refractivity contribution in [2.24, 2.45) is 16.6 Å². The average Bonchev–Trinajstić information content (AvgIpc) is 2.62. The monoisotopic (exact) mass is 155 g/mol. The lowest BCUT2D eigenvalue weighted by molar-refractivity contribution is 0.797. The van der Waals surface area contributed by atoms with Gasteiger partial charge in [-0.05, 0) is 18.8 Å². The molecule has 0 amide bonds. The van der Waals surface area contributed by atoms with Crippen LogP contribution in [-0.4, -0.2) is 18.5 Å². The van der Waals surface area contributed by atoms with E-state index in [9.17, 15) is 0 Å². The quantitative estimate of drug-likeness (QED) is 0.466. The largest absolute Gasteiger partial charge is 0.370 e. The molecule has 3 N–H and O–H groups in total. The lowest BCUT2D eigenvalue weighted by Gasteiger charge is -2.02. The van der Waals surface area contributed by atoms with Gasteiger partial charge in [0.05, 0.1) is 0 Å². The second kappa shape index (κ2) is 3.60. The molecule has 0 aromatic rings. The molecule has 1 aliphatic rings. The fraction of sp³-hybridized carbons (Fsp3) is 0.875. The first-order chi connectivity index (χ1) is 5.24. The lowest BCUT2D eigenvalue weighted by atomic mass is 10.5. The molecule has 1 fully saturated rings. The van der Waals surface area contributed by atoms with Crippen LogP contribution in [0.1, 0.15) is 26.7 Å². The molecular formula is C8H17N3. The van der Waals surface area contributed by atoms with Gasteiger partial charge in [0.25, 0.3) is 0 Å². The van der Waals surface area contributed by atoms with Crippen molar-refractivity contribution in [3.05, 3.63) is 0 Å². The third-order valence-electron chi connectivity index (χ3n) is 1.95. The van der Waals surface area contributed by atoms with Gasteiger partial charge in [-0.25, -0.2) is 0 Å². The topological polar surface area (TPSA) is 50.4 Å². The summed E-state index contributed by atoms with van der Waals surface area (Å²) >= 11 is 0. The van der Waals surface area contributed by atoms with Crippen LogP contribution < -0.4 is 11.1 Å². The summed E-state index contributed by atoms with van der Waals surface area (Å²) in [6, 6.07) is 0.593. The summed E-state index contributed by atoms with van der Waals surface area (Å²) in [6.45, 7) is 5.14. The summed E-state index contributed by atoms with van der Waals surface area (Å²) in [7, 11) is 0. The normalized spacial score (nSPS) is 30.2. The zero-order valence-electron chi connectivity index (χ0n) is 7.30. The molecule has 0 spiro atoms. The van der Waals surface area contributed by atoms with Gasteiger partial charge in [0.15, 0.2) is 5.96 Å². The molecule has 2 atom stereocenters. The van der Waals surface area contributed by atoms with Crippen molar-refractivity contribution in [1.82, 2.24) is 5.32 Å². The molecule has 0 aromatic heterocycles. The zero-order valence-corrected chi connectivity index (χ0v) is 7.30. The molecule has 3 heteroatoms. The molecule has 0 aromatic carbocycles. The number of nitrogens with zero attached hydrogens (tertiary/aromatic N) is 1. The molecule has 0 saturated heterocycles. The van der Waals surface area contributed by atoms with Crippen LogP contribution in [0, 0.1) is 5.92 Å². The average molecular weight is 155 g/mol. The van der Waals surface area contributed by atoms with Crippen molar-refractivity contribution in [2.45, 2.75) is 32.7 Å². The van der Waals surface area contributed by atoms with Gasteiger partial charge in [0, 0.05) is 12.6 Å². The second-order valence-corrected chi connectivity index (χ2v) is 3.23. The van der Waals surface area contributed by atoms with Crippen LogP contribution in [0.5, 0.6) is 0 Å². The first-order valence-electron chi connectivity index (χ1n) is 4.30. The van der Waals surface area contributed by atoms with E-state index in [1.165, 1.54) is 6.42 Å². The van der Waals surface area contributed by atoms with Crippen LogP contribution in [-0.2, 0) is 0 Å². The van der Waals surface area contributed by atoms with Crippen LogP contribution >= 0.6 is 0 Å². The van der Waals surface area contributed by atoms with Gasteiger partial charge >= 0.3 is 0 Å². The predicted octanol–water partition coefficient (Wildman–Crippen LogP) is 0.709. The van der Waals surface area contributed by atoms with Gasteiger partial charge in [0.1, 0.15) is 0 Å². The SMILES string of the molecule is CCCN=C(N)NC1CC1C. The number of nitrogens with two attached hydrogens (primary N) is 1. The lowest BCUT2D eigenvalue weighted by Crippen LogP contribution is -2.34. The Morgan fingerprint density at radius 3 is 2.82 bits per heavy atom. The number of guanidine groups is 1. The maximum atomic E-state index is 5.60. The third-order valence-corrected chi connectivity index (χ3v) is 1.95. The summed E-state index contributed by atoms with van der Waals surface area (Å²) in [5, 5.41) is 3.17. The van der Waals surface area contributed by atoms with Crippen molar-refractivity contribution in [3.8, 4) is 0 Å². The molecule has 1 saturated carbocycles. The minimum atomic E-state index is 0.593. The Balaban J connectivity index is 2.15. The Hall–Kier alpha value is -0.730. The van der Waals surface area contributed by atoms with E-state index >= 15 is 0 Å². The summed E-state index contributed by atoms with van der Waals surface area (Å²) in [6.07, 6.45) is 2.30. The molecule has 11 heavy (non-hydrogen) atoms. The van der Waals surface area contributed by atoms with E-state index in [-0.39, 0.29) is 0 Å². The van der Waals surface area contributed by atoms with Crippen molar-refractivity contribution >= 4 is 5.96 Å². The fourth-order valence-corrected chi connectivity index (χ4v) is 0.991. The highest BCUT2D eigenvalue weighted by Gasteiger charge is 2.32. The maximum absolute atomic E-state index is 5.60. The van der Waals surface area contributed by atoms with E-state index in [0.29, 0.717) is 12.0 Å². The molecule has 1 aliphatic carbocycles. The number of nitrogens with one attached hydrogen (secondary N) is 1. The Bertz CT molecular complexity index is 153. The van der Waals surface area contributed by atoms with Crippen molar-refractivity contribution < 1.29 is 0 Å². The highest BCUT2D eigenvalue weighted by molar-refractivity contribution is 5.78. The smallest absolute Gasteiger partial charge is 0.188 e. The molecule has 0 heterocycles. The second-order valence-electron chi connectivity index (χ2n) is 3.23. The molecule has 3 nitrogen and oxygen atoms in total. The summed E-state index contributed by atoms with van der Waals surface area (Å²) in [4.78, 5) is 4.14. The van der Waals surface area contributed by atoms with Gasteiger partial charge in [-0.15, -0.1) is 0 Å². The maximum Gasteiger partial charge on any atom is 0.188 e. The fourth-order valence-electron chi connectivity index (χ4n) is 0.991. The molecule has 0 radical (unpaired) electrons. The summed E-state index contributed by atoms with van der Waals surface area (Å²) < 4.78 is 0. The van der Waals surface area contributed by atoms with E-state index in [4.69, 9.17) is 5.73 Å². The van der Waals surface area contributed by atoms with E-state index in [1.54, 1.807) is 0 Å². The van der Waals surface area contributed by atoms with Gasteiger partial charge < -0.3 is 11.1 Å². The van der Waals surface area contributed by atoms with Gasteiger partial charge in [-0.2, -0.15) is 0 Å². The Morgan fingerprint density at radius 1 is 1.73 bits per heavy atom. The molecule has 0 bridgehead atoms. The van der Waals surface area contributed by atoms with Crippen LogP contribution in [0.4, 0.5) is 0 Å². The highest BCUT2D eigenvalue weighted by Crippen LogP contribution is 2.28. The van der Waals surface area contributed by atoms with E-state index in [0.717, 1.165) is 18.9 Å². The first kappa shape index (κ1) is 8.37. The van der Waals surface area contributed by atoms with Gasteiger partial charge in [0.2, 0.25) is 0 Å². The van der Waals surface area contributed by atoms with Gasteiger partial charge in [-0.1, -0.05) is 13.8 Å². The van der Waals surface area contributed by atoms with Gasteiger partial charge in [-0.3, -0.25) is 4.99 Å². The molecule has 1 rings (SSSR count). The molecule has 64 valence electrons. The van der Waals surface area contributed by atoms with E-state index < -0.39 is 0 Å². The van der Waals surface area contributed by atoms with Crippen molar-refractivity contribution in [3.63, 3.8) is 0 Å². The van der Waals surface area contributed by atoms with Crippen LogP contribution in [0.25, 0.3) is 0 Å².